The smallest absolute Gasteiger partial charge is 0.314 e. The highest BCUT2D eigenvalue weighted by Gasteiger charge is 2.17. The van der Waals surface area contributed by atoms with Gasteiger partial charge in [-0.15, -0.1) is 0 Å². The molecule has 0 heterocycles. The predicted octanol–water partition coefficient (Wildman–Crippen LogP) is 5.75. The molecule has 0 saturated heterocycles. The quantitative estimate of drug-likeness (QED) is 0.346. The number of alkyl halides is 1. The van der Waals surface area contributed by atoms with Crippen molar-refractivity contribution in [1.29, 1.82) is 0 Å². The lowest BCUT2D eigenvalue weighted by molar-refractivity contribution is -0.386. The van der Waals surface area contributed by atoms with Gasteiger partial charge in [-0.1, -0.05) is 60.1 Å². The van der Waals surface area contributed by atoms with E-state index in [-0.39, 0.29) is 17.5 Å². The first-order chi connectivity index (χ1) is 11.8. The highest BCUT2D eigenvalue weighted by Crippen LogP contribution is 2.32. The Bertz CT molecular complexity index is 657. The highest BCUT2D eigenvalue weighted by molar-refractivity contribution is 9.09. The number of ether oxygens (including phenoxy) is 2. The lowest BCUT2D eigenvalue weighted by atomic mass is 10.2. The second-order valence-corrected chi connectivity index (χ2v) is 7.67. The maximum atomic E-state index is 11.1. The Balaban J connectivity index is 0.000000705. The molecule has 0 aliphatic heterocycles. The maximum absolute atomic E-state index is 11.1. The lowest BCUT2D eigenvalue weighted by Gasteiger charge is -2.11. The summed E-state index contributed by atoms with van der Waals surface area (Å²) in [7, 11) is 0. The van der Waals surface area contributed by atoms with Crippen molar-refractivity contribution in [2.75, 3.05) is 0 Å². The van der Waals surface area contributed by atoms with Crippen LogP contribution in [0.2, 0.25) is 0 Å². The van der Waals surface area contributed by atoms with Crippen LogP contribution in [0.3, 0.4) is 0 Å². The molecular formula is C19H24BrNO4. The largest absolute Gasteiger partial charge is 0.489 e. The van der Waals surface area contributed by atoms with Crippen LogP contribution in [0.1, 0.15) is 33.3 Å². The van der Waals surface area contributed by atoms with Gasteiger partial charge in [-0.2, -0.15) is 0 Å². The molecular weight excluding hydrogens is 386 g/mol. The molecule has 2 aromatic rings. The fourth-order valence-electron chi connectivity index (χ4n) is 1.82. The van der Waals surface area contributed by atoms with Crippen LogP contribution in [0.4, 0.5) is 5.69 Å². The molecule has 0 fully saturated rings. The molecule has 0 saturated carbocycles. The Morgan fingerprint density at radius 3 is 2.20 bits per heavy atom. The highest BCUT2D eigenvalue weighted by atomic mass is 79.9. The number of benzene rings is 2. The number of nitro groups is 1. The Kier molecular flexibility index (Phi) is 8.99. The zero-order valence-corrected chi connectivity index (χ0v) is 16.5. The van der Waals surface area contributed by atoms with Crippen LogP contribution in [-0.4, -0.2) is 15.9 Å². The molecule has 2 rings (SSSR count). The van der Waals surface area contributed by atoms with Crippen molar-refractivity contribution in [1.82, 2.24) is 0 Å². The monoisotopic (exact) mass is 409 g/mol. The van der Waals surface area contributed by atoms with Crippen LogP contribution in [0.5, 0.6) is 11.5 Å². The number of nitrogens with zero attached hydrogens (tertiary/aromatic N) is 1. The molecule has 0 bridgehead atoms. The van der Waals surface area contributed by atoms with Gasteiger partial charge in [0.05, 0.1) is 17.1 Å². The second-order valence-electron chi connectivity index (χ2n) is 5.84. The fourth-order valence-corrected chi connectivity index (χ4v) is 1.82. The Morgan fingerprint density at radius 1 is 1.08 bits per heavy atom. The summed E-state index contributed by atoms with van der Waals surface area (Å²) in [5, 5.41) is 11.1. The van der Waals surface area contributed by atoms with Gasteiger partial charge in [-0.05, 0) is 31.5 Å². The van der Waals surface area contributed by atoms with E-state index < -0.39 is 4.92 Å². The molecule has 0 unspecified atom stereocenters. The SMILES string of the molecule is CC(C)Br.CC(C)Oc1ccc(OCc2ccccc2)cc1[N+](=O)[O-]. The van der Waals surface area contributed by atoms with Gasteiger partial charge in [-0.25, -0.2) is 0 Å². The van der Waals surface area contributed by atoms with E-state index in [0.29, 0.717) is 17.2 Å². The number of rotatable bonds is 6. The average molecular weight is 410 g/mol. The van der Waals surface area contributed by atoms with Gasteiger partial charge in [0, 0.05) is 4.83 Å². The van der Waals surface area contributed by atoms with E-state index in [0.717, 1.165) is 5.56 Å². The first kappa shape index (κ1) is 21.0. The van der Waals surface area contributed by atoms with Crippen molar-refractivity contribution in [3.63, 3.8) is 0 Å². The zero-order chi connectivity index (χ0) is 18.8. The molecule has 0 aliphatic rings. The molecule has 136 valence electrons. The Hall–Kier alpha value is -2.08. The molecule has 0 spiro atoms. The molecule has 25 heavy (non-hydrogen) atoms. The fraction of sp³-hybridized carbons (Fsp3) is 0.368. The van der Waals surface area contributed by atoms with Gasteiger partial charge in [0.2, 0.25) is 0 Å². The lowest BCUT2D eigenvalue weighted by Crippen LogP contribution is -2.07. The van der Waals surface area contributed by atoms with Crippen molar-refractivity contribution in [2.24, 2.45) is 0 Å². The first-order valence-corrected chi connectivity index (χ1v) is 8.97. The van der Waals surface area contributed by atoms with Crippen LogP contribution >= 0.6 is 15.9 Å². The molecule has 2 aromatic carbocycles. The van der Waals surface area contributed by atoms with Crippen molar-refractivity contribution < 1.29 is 14.4 Å². The third kappa shape index (κ3) is 8.54. The number of nitro benzene ring substituents is 1. The molecule has 0 atom stereocenters. The average Bonchev–Trinajstić information content (AvgIpc) is 2.53. The summed E-state index contributed by atoms with van der Waals surface area (Å²) in [6, 6.07) is 14.3. The van der Waals surface area contributed by atoms with Crippen molar-refractivity contribution >= 4 is 21.6 Å². The molecule has 0 amide bonds. The van der Waals surface area contributed by atoms with E-state index in [4.69, 9.17) is 9.47 Å². The third-order valence-electron chi connectivity index (χ3n) is 2.74. The van der Waals surface area contributed by atoms with Gasteiger partial charge < -0.3 is 9.47 Å². The van der Waals surface area contributed by atoms with E-state index in [1.54, 1.807) is 12.1 Å². The van der Waals surface area contributed by atoms with Crippen molar-refractivity contribution in [3.8, 4) is 11.5 Å². The number of halogens is 1. The molecule has 0 aromatic heterocycles. The number of hydrogen-bond acceptors (Lipinski definition) is 4. The van der Waals surface area contributed by atoms with Crippen LogP contribution in [-0.2, 0) is 6.61 Å². The number of hydrogen-bond donors (Lipinski definition) is 0. The normalized spacial score (nSPS) is 10.2. The summed E-state index contributed by atoms with van der Waals surface area (Å²) in [6.07, 6.45) is -0.125. The Morgan fingerprint density at radius 2 is 1.68 bits per heavy atom. The Labute approximate surface area is 157 Å². The van der Waals surface area contributed by atoms with Crippen molar-refractivity contribution in [2.45, 2.75) is 45.2 Å². The summed E-state index contributed by atoms with van der Waals surface area (Å²) in [4.78, 5) is 11.3. The van der Waals surface area contributed by atoms with Crippen LogP contribution in [0.25, 0.3) is 0 Å². The summed E-state index contributed by atoms with van der Waals surface area (Å²) in [5.74, 6) is 0.698. The van der Waals surface area contributed by atoms with E-state index in [1.165, 1.54) is 6.07 Å². The van der Waals surface area contributed by atoms with E-state index >= 15 is 0 Å². The van der Waals surface area contributed by atoms with Gasteiger partial charge in [0.15, 0.2) is 5.75 Å². The van der Waals surface area contributed by atoms with E-state index in [2.05, 4.69) is 29.8 Å². The molecule has 6 heteroatoms. The minimum absolute atomic E-state index is 0.0886. The minimum Gasteiger partial charge on any atom is -0.489 e. The third-order valence-corrected chi connectivity index (χ3v) is 2.74. The van der Waals surface area contributed by atoms with Crippen LogP contribution in [0.15, 0.2) is 48.5 Å². The standard InChI is InChI=1S/C16H17NO4.C3H7Br/c1-12(2)21-16-9-8-14(10-15(16)17(18)19)20-11-13-6-4-3-5-7-13;1-3(2)4/h3-10,12H,11H2,1-2H3;3H,1-2H3. The van der Waals surface area contributed by atoms with Crippen molar-refractivity contribution in [3.05, 3.63) is 64.2 Å². The first-order valence-electron chi connectivity index (χ1n) is 8.05. The van der Waals surface area contributed by atoms with Gasteiger partial charge in [0.25, 0.3) is 0 Å². The summed E-state index contributed by atoms with van der Waals surface area (Å²) in [5.41, 5.74) is 0.914. The van der Waals surface area contributed by atoms with Crippen LogP contribution < -0.4 is 9.47 Å². The van der Waals surface area contributed by atoms with E-state index in [9.17, 15) is 10.1 Å². The molecule has 0 radical (unpaired) electrons. The predicted molar refractivity (Wildman–Crippen MR) is 104 cm³/mol. The maximum Gasteiger partial charge on any atom is 0.314 e. The molecule has 5 nitrogen and oxygen atoms in total. The van der Waals surface area contributed by atoms with Crippen LogP contribution in [0, 0.1) is 10.1 Å². The van der Waals surface area contributed by atoms with Gasteiger partial charge in [0.1, 0.15) is 12.4 Å². The molecule has 0 aliphatic carbocycles. The zero-order valence-electron chi connectivity index (χ0n) is 14.9. The topological polar surface area (TPSA) is 61.6 Å². The molecule has 0 N–H and O–H groups in total. The minimum atomic E-state index is -0.465. The van der Waals surface area contributed by atoms with Gasteiger partial charge in [-0.3, -0.25) is 10.1 Å². The summed E-state index contributed by atoms with van der Waals surface area (Å²) < 4.78 is 11.0. The second kappa shape index (κ2) is 10.7. The van der Waals surface area contributed by atoms with E-state index in [1.807, 2.05) is 44.2 Å². The summed E-state index contributed by atoms with van der Waals surface area (Å²) in [6.45, 7) is 8.18. The van der Waals surface area contributed by atoms with Gasteiger partial charge >= 0.3 is 5.69 Å². The summed E-state index contributed by atoms with van der Waals surface area (Å²) >= 11 is 3.27.